The van der Waals surface area contributed by atoms with E-state index in [-0.39, 0.29) is 0 Å². The van der Waals surface area contributed by atoms with E-state index in [1.165, 1.54) is 9.90 Å². The first-order valence-electron chi connectivity index (χ1n) is 5.26. The minimum absolute atomic E-state index is 1.04. The van der Waals surface area contributed by atoms with Crippen LogP contribution in [0.1, 0.15) is 5.69 Å². The second kappa shape index (κ2) is 5.06. The zero-order valence-electron chi connectivity index (χ0n) is 10.4. The molecular formula is C12H15N3S2. The van der Waals surface area contributed by atoms with E-state index in [1.807, 2.05) is 33.4 Å². The van der Waals surface area contributed by atoms with Gasteiger partial charge in [0.2, 0.25) is 0 Å². The Balaban J connectivity index is 2.42. The lowest BCUT2D eigenvalue weighted by atomic mass is 10.3. The summed E-state index contributed by atoms with van der Waals surface area (Å²) in [7, 11) is 4.09. The first-order chi connectivity index (χ1) is 8.11. The molecule has 0 aliphatic rings. The Morgan fingerprint density at radius 1 is 1.29 bits per heavy atom. The number of aryl methyl sites for hydroxylation is 1. The van der Waals surface area contributed by atoms with Gasteiger partial charge < -0.3 is 4.90 Å². The van der Waals surface area contributed by atoms with E-state index < -0.39 is 0 Å². The molecule has 90 valence electrons. The van der Waals surface area contributed by atoms with Crippen molar-refractivity contribution >= 4 is 28.1 Å². The second-order valence-electron chi connectivity index (χ2n) is 3.92. The van der Waals surface area contributed by atoms with Crippen molar-refractivity contribution in [3.8, 4) is 10.6 Å². The molecule has 0 unspecified atom stereocenters. The summed E-state index contributed by atoms with van der Waals surface area (Å²) in [5, 5.41) is 2.24. The second-order valence-corrected chi connectivity index (χ2v) is 5.77. The van der Waals surface area contributed by atoms with E-state index in [1.54, 1.807) is 23.1 Å². The Morgan fingerprint density at radius 3 is 2.65 bits per heavy atom. The molecule has 0 atom stereocenters. The van der Waals surface area contributed by atoms with Gasteiger partial charge in [-0.15, -0.1) is 11.8 Å². The van der Waals surface area contributed by atoms with E-state index >= 15 is 0 Å². The van der Waals surface area contributed by atoms with Crippen LogP contribution in [0.4, 0.5) is 5.00 Å². The molecule has 0 fully saturated rings. The summed E-state index contributed by atoms with van der Waals surface area (Å²) in [6.07, 6.45) is 5.80. The number of hydrogen-bond donors (Lipinski definition) is 0. The highest BCUT2D eigenvalue weighted by Crippen LogP contribution is 2.33. The van der Waals surface area contributed by atoms with Crippen LogP contribution < -0.4 is 4.90 Å². The maximum atomic E-state index is 4.61. The summed E-state index contributed by atoms with van der Waals surface area (Å²) in [6, 6.07) is 2.13. The lowest BCUT2D eigenvalue weighted by Gasteiger charge is -2.08. The van der Waals surface area contributed by atoms with Crippen LogP contribution in [-0.2, 0) is 0 Å². The van der Waals surface area contributed by atoms with Crippen molar-refractivity contribution in [2.75, 3.05) is 25.3 Å². The van der Waals surface area contributed by atoms with Crippen LogP contribution >= 0.6 is 23.1 Å². The van der Waals surface area contributed by atoms with Gasteiger partial charge in [-0.05, 0) is 19.2 Å². The van der Waals surface area contributed by atoms with Crippen molar-refractivity contribution in [2.45, 2.75) is 11.8 Å². The van der Waals surface area contributed by atoms with Crippen LogP contribution in [0.2, 0.25) is 0 Å². The van der Waals surface area contributed by atoms with Crippen LogP contribution in [0, 0.1) is 6.92 Å². The van der Waals surface area contributed by atoms with Gasteiger partial charge >= 0.3 is 0 Å². The maximum absolute atomic E-state index is 4.61. The molecule has 2 rings (SSSR count). The highest BCUT2D eigenvalue weighted by molar-refractivity contribution is 7.98. The van der Waals surface area contributed by atoms with Crippen LogP contribution in [-0.4, -0.2) is 30.3 Å². The number of nitrogens with zero attached hydrogens (tertiary/aromatic N) is 3. The molecule has 0 aromatic carbocycles. The number of anilines is 1. The van der Waals surface area contributed by atoms with Crippen molar-refractivity contribution in [3.63, 3.8) is 0 Å². The Bertz CT molecular complexity index is 520. The van der Waals surface area contributed by atoms with E-state index in [0.29, 0.717) is 0 Å². The van der Waals surface area contributed by atoms with Gasteiger partial charge in [0, 0.05) is 36.9 Å². The lowest BCUT2D eigenvalue weighted by Crippen LogP contribution is -2.07. The van der Waals surface area contributed by atoms with Crippen molar-refractivity contribution in [1.82, 2.24) is 9.97 Å². The molecule has 5 heteroatoms. The molecule has 0 spiro atoms. The first-order valence-corrected chi connectivity index (χ1v) is 7.30. The molecule has 17 heavy (non-hydrogen) atoms. The minimum Gasteiger partial charge on any atom is -0.368 e. The molecule has 0 N–H and O–H groups in total. The number of hydrogen-bond acceptors (Lipinski definition) is 5. The quantitative estimate of drug-likeness (QED) is 0.796. The highest BCUT2D eigenvalue weighted by Gasteiger charge is 2.11. The fourth-order valence-electron chi connectivity index (χ4n) is 1.57. The molecule has 2 aromatic heterocycles. The van der Waals surface area contributed by atoms with Gasteiger partial charge in [-0.3, -0.25) is 4.98 Å². The van der Waals surface area contributed by atoms with E-state index in [0.717, 1.165) is 16.3 Å². The molecular weight excluding hydrogens is 250 g/mol. The van der Waals surface area contributed by atoms with E-state index in [9.17, 15) is 0 Å². The Morgan fingerprint density at radius 2 is 2.06 bits per heavy atom. The van der Waals surface area contributed by atoms with Gasteiger partial charge in [-0.2, -0.15) is 0 Å². The molecule has 0 aliphatic heterocycles. The van der Waals surface area contributed by atoms with Gasteiger partial charge in [0.05, 0.1) is 5.69 Å². The molecule has 0 saturated heterocycles. The predicted octanol–water partition coefficient (Wildman–Crippen LogP) is 3.30. The van der Waals surface area contributed by atoms with Gasteiger partial charge in [-0.1, -0.05) is 11.3 Å². The van der Waals surface area contributed by atoms with Gasteiger partial charge in [0.15, 0.2) is 0 Å². The lowest BCUT2D eigenvalue weighted by molar-refractivity contribution is 1.12. The SMILES string of the molecule is CSc1cncc(-c2nc(C)c(N(C)C)s2)c1. The topological polar surface area (TPSA) is 29.0 Å². The molecule has 0 saturated carbocycles. The largest absolute Gasteiger partial charge is 0.368 e. The fraction of sp³-hybridized carbons (Fsp3) is 0.333. The molecule has 3 nitrogen and oxygen atoms in total. The average Bonchev–Trinajstić information content (AvgIpc) is 2.71. The number of rotatable bonds is 3. The fourth-order valence-corrected chi connectivity index (χ4v) is 2.96. The number of thioether (sulfide) groups is 1. The van der Waals surface area contributed by atoms with Crippen LogP contribution in [0.3, 0.4) is 0 Å². The van der Waals surface area contributed by atoms with Crippen molar-refractivity contribution < 1.29 is 0 Å². The van der Waals surface area contributed by atoms with Crippen molar-refractivity contribution in [3.05, 3.63) is 24.2 Å². The number of pyridine rings is 1. The third-order valence-corrected chi connectivity index (χ3v) is 4.44. The first kappa shape index (κ1) is 12.4. The number of thiazole rings is 1. The van der Waals surface area contributed by atoms with E-state index in [2.05, 4.69) is 27.2 Å². The third kappa shape index (κ3) is 2.61. The summed E-state index contributed by atoms with van der Waals surface area (Å²) in [6.45, 7) is 2.04. The number of aromatic nitrogens is 2. The molecule has 0 bridgehead atoms. The summed E-state index contributed by atoms with van der Waals surface area (Å²) in [5.41, 5.74) is 2.17. The summed E-state index contributed by atoms with van der Waals surface area (Å²) in [5.74, 6) is 0. The normalized spacial score (nSPS) is 10.6. The average molecular weight is 265 g/mol. The molecule has 2 aromatic rings. The summed E-state index contributed by atoms with van der Waals surface area (Å²) in [4.78, 5) is 12.1. The summed E-state index contributed by atoms with van der Waals surface area (Å²) < 4.78 is 0. The zero-order valence-corrected chi connectivity index (χ0v) is 12.0. The van der Waals surface area contributed by atoms with Crippen LogP contribution in [0.5, 0.6) is 0 Å². The standard InChI is InChI=1S/C12H15N3S2/c1-8-12(15(2)3)17-11(14-8)9-5-10(16-4)7-13-6-9/h5-7H,1-4H3. The Kier molecular flexibility index (Phi) is 3.69. The zero-order chi connectivity index (χ0) is 12.4. The van der Waals surface area contributed by atoms with Crippen LogP contribution in [0.25, 0.3) is 10.6 Å². The van der Waals surface area contributed by atoms with Gasteiger partial charge in [0.25, 0.3) is 0 Å². The maximum Gasteiger partial charge on any atom is 0.127 e. The highest BCUT2D eigenvalue weighted by atomic mass is 32.2. The van der Waals surface area contributed by atoms with Gasteiger partial charge in [-0.25, -0.2) is 4.98 Å². The molecule has 0 amide bonds. The van der Waals surface area contributed by atoms with Crippen molar-refractivity contribution in [1.29, 1.82) is 0 Å². The Hall–Kier alpha value is -1.07. The van der Waals surface area contributed by atoms with E-state index in [4.69, 9.17) is 0 Å². The van der Waals surface area contributed by atoms with Gasteiger partial charge in [0.1, 0.15) is 10.0 Å². The van der Waals surface area contributed by atoms with Crippen molar-refractivity contribution in [2.24, 2.45) is 0 Å². The third-order valence-electron chi connectivity index (χ3n) is 2.37. The smallest absolute Gasteiger partial charge is 0.127 e. The molecule has 0 aliphatic carbocycles. The minimum atomic E-state index is 1.04. The monoisotopic (exact) mass is 265 g/mol. The summed E-state index contributed by atoms with van der Waals surface area (Å²) >= 11 is 3.40. The molecule has 2 heterocycles. The van der Waals surface area contributed by atoms with Crippen LogP contribution in [0.15, 0.2) is 23.4 Å². The Labute approximate surface area is 110 Å². The predicted molar refractivity (Wildman–Crippen MR) is 76.2 cm³/mol. The molecule has 0 radical (unpaired) electrons.